The number of benzene rings is 1. The number of carbonyl (C=O) groups excluding carboxylic acids is 1. The Morgan fingerprint density at radius 1 is 1.39 bits per heavy atom. The lowest BCUT2D eigenvalue weighted by molar-refractivity contribution is -0.159. The van der Waals surface area contributed by atoms with Crippen molar-refractivity contribution in [1.82, 2.24) is 0 Å². The van der Waals surface area contributed by atoms with Crippen molar-refractivity contribution in [3.8, 4) is 6.07 Å². The third-order valence-corrected chi connectivity index (χ3v) is 3.13. The van der Waals surface area contributed by atoms with Gasteiger partial charge in [0.1, 0.15) is 5.60 Å². The second kappa shape index (κ2) is 4.13. The Morgan fingerprint density at radius 2 is 2.00 bits per heavy atom. The molecule has 1 aromatic carbocycles. The maximum atomic E-state index is 12.1. The molecule has 0 saturated heterocycles. The van der Waals surface area contributed by atoms with E-state index in [2.05, 4.69) is 6.07 Å². The third-order valence-electron chi connectivity index (χ3n) is 3.13. The summed E-state index contributed by atoms with van der Waals surface area (Å²) in [6.45, 7) is 5.45. The highest BCUT2D eigenvalue weighted by atomic mass is 16.6. The fourth-order valence-corrected chi connectivity index (χ4v) is 2.11. The number of rotatable bonds is 2. The average Bonchev–Trinajstić information content (AvgIpc) is 3.04. The zero-order valence-electron chi connectivity index (χ0n) is 10.9. The molecular weight excluding hydrogens is 226 g/mol. The second-order valence-electron chi connectivity index (χ2n) is 5.75. The molecule has 1 aromatic rings. The van der Waals surface area contributed by atoms with Gasteiger partial charge < -0.3 is 4.74 Å². The van der Waals surface area contributed by atoms with E-state index in [1.165, 1.54) is 0 Å². The van der Waals surface area contributed by atoms with E-state index in [9.17, 15) is 10.1 Å². The van der Waals surface area contributed by atoms with Gasteiger partial charge in [0.25, 0.3) is 0 Å². The smallest absolute Gasteiger partial charge is 0.327 e. The van der Waals surface area contributed by atoms with E-state index in [4.69, 9.17) is 4.74 Å². The first-order valence-corrected chi connectivity index (χ1v) is 6.09. The first kappa shape index (κ1) is 12.6. The standard InChI is InChI=1S/C15H17NO2/c1-14(2,3)18-13(17)15(10-16)9-12(15)11-7-5-4-6-8-11/h4-8,12H,9H2,1-3H3/t12-,15+/m1/s1. The van der Waals surface area contributed by atoms with E-state index >= 15 is 0 Å². The van der Waals surface area contributed by atoms with E-state index in [1.54, 1.807) is 0 Å². The van der Waals surface area contributed by atoms with Crippen LogP contribution in [0.5, 0.6) is 0 Å². The molecule has 0 unspecified atom stereocenters. The molecule has 0 radical (unpaired) electrons. The molecule has 0 spiro atoms. The van der Waals surface area contributed by atoms with Crippen molar-refractivity contribution in [1.29, 1.82) is 5.26 Å². The van der Waals surface area contributed by atoms with Crippen LogP contribution >= 0.6 is 0 Å². The maximum absolute atomic E-state index is 12.1. The van der Waals surface area contributed by atoms with Crippen LogP contribution in [0.1, 0.15) is 38.7 Å². The fourth-order valence-electron chi connectivity index (χ4n) is 2.11. The summed E-state index contributed by atoms with van der Waals surface area (Å²) in [4.78, 5) is 12.1. The van der Waals surface area contributed by atoms with Crippen molar-refractivity contribution in [3.63, 3.8) is 0 Å². The third kappa shape index (κ3) is 2.24. The molecule has 94 valence electrons. The summed E-state index contributed by atoms with van der Waals surface area (Å²) in [7, 11) is 0. The van der Waals surface area contributed by atoms with Gasteiger partial charge in [0.2, 0.25) is 0 Å². The average molecular weight is 243 g/mol. The maximum Gasteiger partial charge on any atom is 0.327 e. The first-order valence-electron chi connectivity index (χ1n) is 6.09. The highest BCUT2D eigenvalue weighted by molar-refractivity contribution is 5.86. The van der Waals surface area contributed by atoms with Crippen LogP contribution in [0.2, 0.25) is 0 Å². The molecule has 18 heavy (non-hydrogen) atoms. The van der Waals surface area contributed by atoms with E-state index in [-0.39, 0.29) is 5.92 Å². The first-order chi connectivity index (χ1) is 8.39. The van der Waals surface area contributed by atoms with Crippen LogP contribution in [0.4, 0.5) is 0 Å². The van der Waals surface area contributed by atoms with Crippen molar-refractivity contribution in [2.75, 3.05) is 0 Å². The molecule has 0 aliphatic heterocycles. The topological polar surface area (TPSA) is 50.1 Å². The van der Waals surface area contributed by atoms with Crippen LogP contribution in [0.25, 0.3) is 0 Å². The Morgan fingerprint density at radius 3 is 2.50 bits per heavy atom. The van der Waals surface area contributed by atoms with E-state index in [0.29, 0.717) is 6.42 Å². The molecule has 0 N–H and O–H groups in total. The van der Waals surface area contributed by atoms with Gasteiger partial charge in [-0.15, -0.1) is 0 Å². The van der Waals surface area contributed by atoms with Gasteiger partial charge in [-0.3, -0.25) is 4.79 Å². The monoisotopic (exact) mass is 243 g/mol. The zero-order chi connectivity index (χ0) is 13.4. The van der Waals surface area contributed by atoms with Crippen LogP contribution in [0, 0.1) is 16.7 Å². The number of hydrogen-bond acceptors (Lipinski definition) is 3. The summed E-state index contributed by atoms with van der Waals surface area (Å²) in [6, 6.07) is 11.8. The molecule has 2 atom stereocenters. The largest absolute Gasteiger partial charge is 0.459 e. The van der Waals surface area contributed by atoms with E-state index in [1.807, 2.05) is 51.1 Å². The summed E-state index contributed by atoms with van der Waals surface area (Å²) in [5.74, 6) is -0.426. The normalized spacial score (nSPS) is 26.2. The van der Waals surface area contributed by atoms with Crippen molar-refractivity contribution >= 4 is 5.97 Å². The Labute approximate surface area is 107 Å². The lowest BCUT2D eigenvalue weighted by Crippen LogP contribution is -2.29. The quantitative estimate of drug-likeness (QED) is 0.750. The summed E-state index contributed by atoms with van der Waals surface area (Å²) in [6.07, 6.45) is 0.558. The molecule has 2 rings (SSSR count). The minimum absolute atomic E-state index is 0.0291. The number of nitrogens with zero attached hydrogens (tertiary/aromatic N) is 1. The minimum atomic E-state index is -0.978. The van der Waals surface area contributed by atoms with E-state index < -0.39 is 17.0 Å². The van der Waals surface area contributed by atoms with Crippen LogP contribution in [-0.2, 0) is 9.53 Å². The van der Waals surface area contributed by atoms with Crippen LogP contribution in [0.15, 0.2) is 30.3 Å². The van der Waals surface area contributed by atoms with Crippen LogP contribution < -0.4 is 0 Å². The number of nitriles is 1. The summed E-state index contributed by atoms with van der Waals surface area (Å²) >= 11 is 0. The highest BCUT2D eigenvalue weighted by Crippen LogP contribution is 2.59. The van der Waals surface area contributed by atoms with Crippen molar-refractivity contribution in [2.24, 2.45) is 5.41 Å². The summed E-state index contributed by atoms with van der Waals surface area (Å²) in [5, 5.41) is 9.30. The van der Waals surface area contributed by atoms with Gasteiger partial charge in [0.15, 0.2) is 5.41 Å². The lowest BCUT2D eigenvalue weighted by Gasteiger charge is -2.21. The number of carbonyl (C=O) groups is 1. The molecule has 0 bridgehead atoms. The van der Waals surface area contributed by atoms with Gasteiger partial charge in [-0.1, -0.05) is 30.3 Å². The van der Waals surface area contributed by atoms with Gasteiger partial charge in [-0.2, -0.15) is 5.26 Å². The predicted molar refractivity (Wildman–Crippen MR) is 67.7 cm³/mol. The van der Waals surface area contributed by atoms with Crippen LogP contribution in [0.3, 0.4) is 0 Å². The molecule has 0 amide bonds. The molecule has 1 saturated carbocycles. The Balaban J connectivity index is 2.17. The van der Waals surface area contributed by atoms with Gasteiger partial charge in [-0.25, -0.2) is 0 Å². The number of esters is 1. The Kier molecular flexibility index (Phi) is 2.90. The van der Waals surface area contributed by atoms with Crippen molar-refractivity contribution < 1.29 is 9.53 Å². The van der Waals surface area contributed by atoms with Crippen molar-refractivity contribution in [2.45, 2.75) is 38.7 Å². The lowest BCUT2D eigenvalue weighted by atomic mass is 10.0. The fraction of sp³-hybridized carbons (Fsp3) is 0.467. The van der Waals surface area contributed by atoms with Crippen LogP contribution in [-0.4, -0.2) is 11.6 Å². The van der Waals surface area contributed by atoms with Gasteiger partial charge in [0.05, 0.1) is 6.07 Å². The molecule has 1 aliphatic rings. The molecule has 3 heteroatoms. The van der Waals surface area contributed by atoms with E-state index in [0.717, 1.165) is 5.56 Å². The van der Waals surface area contributed by atoms with Gasteiger partial charge in [0, 0.05) is 5.92 Å². The Bertz CT molecular complexity index is 495. The van der Waals surface area contributed by atoms with Gasteiger partial charge in [-0.05, 0) is 32.8 Å². The minimum Gasteiger partial charge on any atom is -0.459 e. The molecule has 3 nitrogen and oxygen atoms in total. The van der Waals surface area contributed by atoms with Gasteiger partial charge >= 0.3 is 5.97 Å². The Hall–Kier alpha value is -1.82. The molecule has 1 fully saturated rings. The van der Waals surface area contributed by atoms with Crippen molar-refractivity contribution in [3.05, 3.63) is 35.9 Å². The highest BCUT2D eigenvalue weighted by Gasteiger charge is 2.63. The molecule has 0 heterocycles. The molecule has 1 aliphatic carbocycles. The molecular formula is C15H17NO2. The number of hydrogen-bond donors (Lipinski definition) is 0. The molecule has 0 aromatic heterocycles. The predicted octanol–water partition coefficient (Wildman–Crippen LogP) is 3.03. The second-order valence-corrected chi connectivity index (χ2v) is 5.75. The number of ether oxygens (including phenoxy) is 1. The zero-order valence-corrected chi connectivity index (χ0v) is 10.9. The summed E-state index contributed by atoms with van der Waals surface area (Å²) < 4.78 is 5.35. The summed E-state index contributed by atoms with van der Waals surface area (Å²) in [5.41, 5.74) is -0.496. The SMILES string of the molecule is CC(C)(C)OC(=O)[C@]1(C#N)C[C@@H]1c1ccccc1.